The summed E-state index contributed by atoms with van der Waals surface area (Å²) in [6, 6.07) is 3.79. The summed E-state index contributed by atoms with van der Waals surface area (Å²) in [5, 5.41) is 3.25. The lowest BCUT2D eigenvalue weighted by Gasteiger charge is -2.09. The van der Waals surface area contributed by atoms with E-state index in [-0.39, 0.29) is 0 Å². The molecule has 3 heteroatoms. The molecular formula is C10H17N3. The Morgan fingerprint density at radius 3 is 2.69 bits per heavy atom. The molecule has 72 valence electrons. The van der Waals surface area contributed by atoms with Gasteiger partial charge in [0, 0.05) is 6.54 Å². The second-order valence-corrected chi connectivity index (χ2v) is 3.65. The predicted octanol–water partition coefficient (Wildman–Crippen LogP) is 2.04. The molecular weight excluding hydrogens is 162 g/mol. The zero-order valence-electron chi connectivity index (χ0n) is 8.46. The maximum Gasteiger partial charge on any atom is 0.126 e. The van der Waals surface area contributed by atoms with Gasteiger partial charge < -0.3 is 11.1 Å². The number of rotatable bonds is 3. The van der Waals surface area contributed by atoms with E-state index in [1.165, 1.54) is 0 Å². The van der Waals surface area contributed by atoms with Crippen molar-refractivity contribution in [2.75, 3.05) is 17.6 Å². The molecule has 0 amide bonds. The van der Waals surface area contributed by atoms with Crippen LogP contribution in [0.25, 0.3) is 0 Å². The van der Waals surface area contributed by atoms with Crippen molar-refractivity contribution in [3.63, 3.8) is 0 Å². The Bertz CT molecular complexity index is 281. The van der Waals surface area contributed by atoms with Crippen molar-refractivity contribution >= 4 is 11.5 Å². The average Bonchev–Trinajstić information content (AvgIpc) is 2.07. The summed E-state index contributed by atoms with van der Waals surface area (Å²) in [4.78, 5) is 4.31. The molecule has 0 fully saturated rings. The van der Waals surface area contributed by atoms with Crippen molar-refractivity contribution in [1.29, 1.82) is 0 Å². The number of nitrogens with zero attached hydrogens (tertiary/aromatic N) is 1. The van der Waals surface area contributed by atoms with Crippen molar-refractivity contribution in [2.45, 2.75) is 20.8 Å². The van der Waals surface area contributed by atoms with Crippen LogP contribution in [-0.4, -0.2) is 11.5 Å². The Labute approximate surface area is 79.4 Å². The number of anilines is 2. The molecule has 0 aliphatic rings. The first kappa shape index (κ1) is 9.84. The zero-order valence-corrected chi connectivity index (χ0v) is 8.46. The van der Waals surface area contributed by atoms with Crippen LogP contribution in [0.2, 0.25) is 0 Å². The fourth-order valence-electron chi connectivity index (χ4n) is 0.979. The molecule has 0 spiro atoms. The smallest absolute Gasteiger partial charge is 0.126 e. The fourth-order valence-corrected chi connectivity index (χ4v) is 0.979. The Balaban J connectivity index is 2.63. The summed E-state index contributed by atoms with van der Waals surface area (Å²) in [5.74, 6) is 1.53. The zero-order chi connectivity index (χ0) is 9.84. The van der Waals surface area contributed by atoms with Crippen molar-refractivity contribution in [1.82, 2.24) is 4.98 Å². The Kier molecular flexibility index (Phi) is 3.12. The minimum absolute atomic E-state index is 0.625. The van der Waals surface area contributed by atoms with Gasteiger partial charge in [-0.1, -0.05) is 13.8 Å². The first-order valence-electron chi connectivity index (χ1n) is 4.56. The van der Waals surface area contributed by atoms with Gasteiger partial charge in [-0.05, 0) is 25.0 Å². The maximum absolute atomic E-state index is 5.65. The fraction of sp³-hybridized carbons (Fsp3) is 0.500. The standard InChI is InChI=1S/C10H17N3/c1-7(2)6-12-10-5-4-9(11)8(3)13-10/h4-5,7H,6,11H2,1-3H3,(H,12,13). The van der Waals surface area contributed by atoms with Gasteiger partial charge in [0.25, 0.3) is 0 Å². The third-order valence-electron chi connectivity index (χ3n) is 1.82. The van der Waals surface area contributed by atoms with Gasteiger partial charge in [0.15, 0.2) is 0 Å². The van der Waals surface area contributed by atoms with Gasteiger partial charge in [-0.3, -0.25) is 0 Å². The third-order valence-corrected chi connectivity index (χ3v) is 1.82. The Morgan fingerprint density at radius 2 is 2.15 bits per heavy atom. The molecule has 1 heterocycles. The van der Waals surface area contributed by atoms with E-state index in [2.05, 4.69) is 24.1 Å². The molecule has 0 bridgehead atoms. The van der Waals surface area contributed by atoms with Crippen LogP contribution in [0.5, 0.6) is 0 Å². The Hall–Kier alpha value is -1.25. The van der Waals surface area contributed by atoms with E-state index >= 15 is 0 Å². The van der Waals surface area contributed by atoms with Gasteiger partial charge in [0.2, 0.25) is 0 Å². The molecule has 0 aromatic carbocycles. The second-order valence-electron chi connectivity index (χ2n) is 3.65. The molecule has 0 aliphatic carbocycles. The molecule has 1 rings (SSSR count). The molecule has 0 saturated heterocycles. The van der Waals surface area contributed by atoms with Crippen molar-refractivity contribution < 1.29 is 0 Å². The summed E-state index contributed by atoms with van der Waals surface area (Å²) in [6.07, 6.45) is 0. The van der Waals surface area contributed by atoms with Crippen molar-refractivity contribution in [3.05, 3.63) is 17.8 Å². The van der Waals surface area contributed by atoms with E-state index in [9.17, 15) is 0 Å². The first-order valence-corrected chi connectivity index (χ1v) is 4.56. The van der Waals surface area contributed by atoms with Gasteiger partial charge in [-0.25, -0.2) is 4.98 Å². The monoisotopic (exact) mass is 179 g/mol. The van der Waals surface area contributed by atoms with Gasteiger partial charge in [0.1, 0.15) is 5.82 Å². The lowest BCUT2D eigenvalue weighted by Crippen LogP contribution is -2.09. The highest BCUT2D eigenvalue weighted by molar-refractivity contribution is 5.48. The number of pyridine rings is 1. The number of aromatic nitrogens is 1. The van der Waals surface area contributed by atoms with Crippen LogP contribution in [0.4, 0.5) is 11.5 Å². The summed E-state index contributed by atoms with van der Waals surface area (Å²) in [5.41, 5.74) is 7.28. The molecule has 0 saturated carbocycles. The van der Waals surface area contributed by atoms with E-state index < -0.39 is 0 Å². The maximum atomic E-state index is 5.65. The van der Waals surface area contributed by atoms with Crippen LogP contribution >= 0.6 is 0 Å². The highest BCUT2D eigenvalue weighted by Gasteiger charge is 1.98. The van der Waals surface area contributed by atoms with Gasteiger partial charge >= 0.3 is 0 Å². The Morgan fingerprint density at radius 1 is 1.46 bits per heavy atom. The van der Waals surface area contributed by atoms with Crippen LogP contribution in [0.1, 0.15) is 19.5 Å². The van der Waals surface area contributed by atoms with E-state index in [0.717, 1.165) is 23.7 Å². The minimum Gasteiger partial charge on any atom is -0.397 e. The topological polar surface area (TPSA) is 50.9 Å². The predicted molar refractivity (Wildman–Crippen MR) is 56.7 cm³/mol. The van der Waals surface area contributed by atoms with Crippen LogP contribution in [0.15, 0.2) is 12.1 Å². The normalized spacial score (nSPS) is 10.5. The molecule has 1 aromatic rings. The highest BCUT2D eigenvalue weighted by Crippen LogP contribution is 2.11. The molecule has 0 unspecified atom stereocenters. The molecule has 3 nitrogen and oxygen atoms in total. The summed E-state index contributed by atoms with van der Waals surface area (Å²) < 4.78 is 0. The number of aryl methyl sites for hydroxylation is 1. The lowest BCUT2D eigenvalue weighted by molar-refractivity contribution is 0.687. The second kappa shape index (κ2) is 4.12. The molecule has 13 heavy (non-hydrogen) atoms. The van der Waals surface area contributed by atoms with E-state index in [0.29, 0.717) is 5.92 Å². The summed E-state index contributed by atoms with van der Waals surface area (Å²) in [7, 11) is 0. The average molecular weight is 179 g/mol. The van der Waals surface area contributed by atoms with Crippen molar-refractivity contribution in [3.8, 4) is 0 Å². The van der Waals surface area contributed by atoms with Gasteiger partial charge in [-0.15, -0.1) is 0 Å². The summed E-state index contributed by atoms with van der Waals surface area (Å²) >= 11 is 0. The molecule has 0 aliphatic heterocycles. The third kappa shape index (κ3) is 2.93. The van der Waals surface area contributed by atoms with Gasteiger partial charge in [0.05, 0.1) is 11.4 Å². The number of nitrogens with one attached hydrogen (secondary N) is 1. The van der Waals surface area contributed by atoms with E-state index in [4.69, 9.17) is 5.73 Å². The SMILES string of the molecule is Cc1nc(NCC(C)C)ccc1N. The van der Waals surface area contributed by atoms with Crippen molar-refractivity contribution in [2.24, 2.45) is 5.92 Å². The lowest BCUT2D eigenvalue weighted by atomic mass is 10.2. The summed E-state index contributed by atoms with van der Waals surface area (Å²) in [6.45, 7) is 7.18. The quantitative estimate of drug-likeness (QED) is 0.746. The number of hydrogen-bond donors (Lipinski definition) is 2. The van der Waals surface area contributed by atoms with Crippen LogP contribution in [-0.2, 0) is 0 Å². The molecule has 1 aromatic heterocycles. The highest BCUT2D eigenvalue weighted by atomic mass is 15.0. The van der Waals surface area contributed by atoms with Gasteiger partial charge in [-0.2, -0.15) is 0 Å². The number of nitrogens with two attached hydrogens (primary N) is 1. The number of nitrogen functional groups attached to an aromatic ring is 1. The van der Waals surface area contributed by atoms with Crippen LogP contribution < -0.4 is 11.1 Å². The first-order chi connectivity index (χ1) is 6.09. The molecule has 0 radical (unpaired) electrons. The van der Waals surface area contributed by atoms with Crippen LogP contribution in [0, 0.1) is 12.8 Å². The molecule has 0 atom stereocenters. The largest absolute Gasteiger partial charge is 0.397 e. The number of hydrogen-bond acceptors (Lipinski definition) is 3. The molecule has 3 N–H and O–H groups in total. The van der Waals surface area contributed by atoms with Crippen LogP contribution in [0.3, 0.4) is 0 Å². The van der Waals surface area contributed by atoms with E-state index in [1.807, 2.05) is 19.1 Å². The minimum atomic E-state index is 0.625. The van der Waals surface area contributed by atoms with E-state index in [1.54, 1.807) is 0 Å².